The third kappa shape index (κ3) is 7.81. The van der Waals surface area contributed by atoms with Crippen molar-refractivity contribution in [3.05, 3.63) is 64.1 Å². The molecule has 0 spiro atoms. The van der Waals surface area contributed by atoms with Crippen LogP contribution in [0.1, 0.15) is 30.5 Å². The maximum absolute atomic E-state index is 12.9. The van der Waals surface area contributed by atoms with Crippen LogP contribution in [0.5, 0.6) is 0 Å². The number of rotatable bonds is 13. The van der Waals surface area contributed by atoms with Crippen LogP contribution in [0, 0.1) is 6.92 Å². The van der Waals surface area contributed by atoms with E-state index in [1.54, 1.807) is 37.3 Å². The number of nitrogens with zero attached hydrogens (tertiary/aromatic N) is 1. The second kappa shape index (κ2) is 12.1. The molecule has 2 amide bonds. The van der Waals surface area contributed by atoms with Crippen molar-refractivity contribution in [3.63, 3.8) is 0 Å². The van der Waals surface area contributed by atoms with Crippen molar-refractivity contribution in [1.29, 1.82) is 0 Å². The lowest BCUT2D eigenvalue weighted by atomic mass is 10.0. The SMILES string of the molecule is Cc1ccc(NS(=O)(=O)Cc2ccccc2)c(=O)n1CC(=O)N[C@H](CCCCN)C(=O)C(N)=O. The van der Waals surface area contributed by atoms with Crippen LogP contribution in [0.2, 0.25) is 0 Å². The van der Waals surface area contributed by atoms with E-state index in [9.17, 15) is 27.6 Å². The zero-order valence-electron chi connectivity index (χ0n) is 18.8. The van der Waals surface area contributed by atoms with Gasteiger partial charge in [-0.15, -0.1) is 0 Å². The predicted octanol–water partition coefficient (Wildman–Crippen LogP) is -0.233. The Bertz CT molecular complexity index is 1190. The second-order valence-electron chi connectivity index (χ2n) is 7.76. The molecule has 2 aromatic rings. The number of anilines is 1. The molecule has 0 aliphatic rings. The molecule has 184 valence electrons. The molecule has 2 rings (SSSR count). The number of carbonyl (C=O) groups is 3. The second-order valence-corrected chi connectivity index (χ2v) is 9.48. The van der Waals surface area contributed by atoms with Gasteiger partial charge in [0.2, 0.25) is 21.7 Å². The van der Waals surface area contributed by atoms with Crippen LogP contribution in [0.15, 0.2) is 47.3 Å². The molecule has 1 atom stereocenters. The zero-order chi connectivity index (χ0) is 25.3. The number of aromatic nitrogens is 1. The van der Waals surface area contributed by atoms with E-state index in [0.29, 0.717) is 30.6 Å². The number of nitrogens with one attached hydrogen (secondary N) is 2. The molecular weight excluding hydrogens is 462 g/mol. The number of primary amides is 1. The van der Waals surface area contributed by atoms with Crippen molar-refractivity contribution < 1.29 is 22.8 Å². The van der Waals surface area contributed by atoms with Crippen molar-refractivity contribution in [2.45, 2.75) is 44.5 Å². The van der Waals surface area contributed by atoms with Crippen molar-refractivity contribution in [2.24, 2.45) is 11.5 Å². The Labute approximate surface area is 197 Å². The summed E-state index contributed by atoms with van der Waals surface area (Å²) in [6.45, 7) is 1.47. The number of pyridine rings is 1. The Kier molecular flexibility index (Phi) is 9.51. The van der Waals surface area contributed by atoms with Gasteiger partial charge >= 0.3 is 0 Å². The number of carbonyl (C=O) groups excluding carboxylic acids is 3. The molecular formula is C22H29N5O6S. The Balaban J connectivity index is 2.18. The van der Waals surface area contributed by atoms with Gasteiger partial charge in [0.05, 0.1) is 11.8 Å². The summed E-state index contributed by atoms with van der Waals surface area (Å²) < 4.78 is 28.4. The molecule has 0 bridgehead atoms. The van der Waals surface area contributed by atoms with Crippen molar-refractivity contribution in [3.8, 4) is 0 Å². The Morgan fingerprint density at radius 3 is 2.35 bits per heavy atom. The summed E-state index contributed by atoms with van der Waals surface area (Å²) in [7, 11) is -3.89. The first-order valence-electron chi connectivity index (χ1n) is 10.6. The quantitative estimate of drug-likeness (QED) is 0.220. The normalized spacial score (nSPS) is 12.1. The van der Waals surface area contributed by atoms with Crippen molar-refractivity contribution >= 4 is 33.3 Å². The number of aryl methyl sites for hydroxylation is 1. The minimum atomic E-state index is -3.89. The summed E-state index contributed by atoms with van der Waals surface area (Å²) in [6.07, 6.45) is 1.23. The number of nitrogens with two attached hydrogens (primary N) is 2. The van der Waals surface area contributed by atoms with Crippen LogP contribution in [0.25, 0.3) is 0 Å². The van der Waals surface area contributed by atoms with Crippen LogP contribution >= 0.6 is 0 Å². The van der Waals surface area contributed by atoms with E-state index in [1.165, 1.54) is 12.1 Å². The fourth-order valence-corrected chi connectivity index (χ4v) is 4.45. The van der Waals surface area contributed by atoms with E-state index in [4.69, 9.17) is 11.5 Å². The zero-order valence-corrected chi connectivity index (χ0v) is 19.6. The van der Waals surface area contributed by atoms with Gasteiger partial charge in [0.25, 0.3) is 11.5 Å². The third-order valence-electron chi connectivity index (χ3n) is 5.00. The molecule has 0 saturated carbocycles. The lowest BCUT2D eigenvalue weighted by Gasteiger charge is -2.18. The van der Waals surface area contributed by atoms with E-state index < -0.39 is 45.8 Å². The van der Waals surface area contributed by atoms with E-state index >= 15 is 0 Å². The van der Waals surface area contributed by atoms with Gasteiger partial charge in [0.1, 0.15) is 12.2 Å². The number of sulfonamides is 1. The first-order valence-corrected chi connectivity index (χ1v) is 12.3. The van der Waals surface area contributed by atoms with Crippen molar-refractivity contribution in [2.75, 3.05) is 11.3 Å². The Morgan fingerprint density at radius 1 is 1.06 bits per heavy atom. The molecule has 0 saturated heterocycles. The van der Waals surface area contributed by atoms with Gasteiger partial charge in [-0.1, -0.05) is 30.3 Å². The van der Waals surface area contributed by atoms with E-state index in [-0.39, 0.29) is 17.9 Å². The van der Waals surface area contributed by atoms with Gasteiger partial charge in [-0.25, -0.2) is 8.42 Å². The fourth-order valence-electron chi connectivity index (χ4n) is 3.26. The highest BCUT2D eigenvalue weighted by molar-refractivity contribution is 7.91. The number of Topliss-reactive ketones (excluding diaryl/α,β-unsaturated/α-hetero) is 1. The topological polar surface area (TPSA) is 183 Å². The standard InChI is InChI=1S/C22H29N5O6S/c1-15-10-11-18(26-34(32,33)14-16-7-3-2-4-8-16)22(31)27(15)13-19(28)25-17(9-5-6-12-23)20(29)21(24)30/h2-4,7-8,10-11,17,26H,5-6,9,12-14,23H2,1H3,(H2,24,30)(H,25,28)/t17-/m1/s1. The number of unbranched alkanes of at least 4 members (excludes halogenated alkanes) is 1. The first-order chi connectivity index (χ1) is 16.0. The molecule has 1 aromatic heterocycles. The number of hydrogen-bond donors (Lipinski definition) is 4. The van der Waals surface area contributed by atoms with Gasteiger partial charge in [-0.05, 0) is 50.4 Å². The molecule has 12 heteroatoms. The molecule has 0 unspecified atom stereocenters. The van der Waals surface area contributed by atoms with Crippen LogP contribution in [0.4, 0.5) is 5.69 Å². The lowest BCUT2D eigenvalue weighted by molar-refractivity contribution is -0.138. The average Bonchev–Trinajstić information content (AvgIpc) is 2.77. The predicted molar refractivity (Wildman–Crippen MR) is 127 cm³/mol. The summed E-state index contributed by atoms with van der Waals surface area (Å²) in [4.78, 5) is 48.8. The maximum Gasteiger partial charge on any atom is 0.287 e. The fraction of sp³-hybridized carbons (Fsp3) is 0.364. The Hall–Kier alpha value is -3.51. The maximum atomic E-state index is 12.9. The van der Waals surface area contributed by atoms with Gasteiger partial charge < -0.3 is 21.4 Å². The van der Waals surface area contributed by atoms with E-state index in [2.05, 4.69) is 10.0 Å². The minimum Gasteiger partial charge on any atom is -0.363 e. The molecule has 0 aliphatic heterocycles. The van der Waals surface area contributed by atoms with Crippen molar-refractivity contribution in [1.82, 2.24) is 9.88 Å². The molecule has 1 heterocycles. The smallest absolute Gasteiger partial charge is 0.287 e. The van der Waals surface area contributed by atoms with E-state index in [0.717, 1.165) is 4.57 Å². The summed E-state index contributed by atoms with van der Waals surface area (Å²) in [5.41, 5.74) is 10.5. The minimum absolute atomic E-state index is 0.165. The number of ketones is 1. The van der Waals surface area contributed by atoms with E-state index in [1.807, 2.05) is 0 Å². The molecule has 0 radical (unpaired) electrons. The summed E-state index contributed by atoms with van der Waals surface area (Å²) in [6, 6.07) is 10.1. The van der Waals surface area contributed by atoms with Gasteiger partial charge in [0.15, 0.2) is 0 Å². The molecule has 1 aromatic carbocycles. The van der Waals surface area contributed by atoms with Gasteiger partial charge in [0, 0.05) is 5.69 Å². The first kappa shape index (κ1) is 26.7. The summed E-state index contributed by atoms with van der Waals surface area (Å²) in [5, 5.41) is 2.43. The monoisotopic (exact) mass is 491 g/mol. The number of hydrogen-bond acceptors (Lipinski definition) is 7. The number of benzene rings is 1. The Morgan fingerprint density at radius 2 is 1.74 bits per heavy atom. The summed E-state index contributed by atoms with van der Waals surface area (Å²) in [5.74, 6) is -3.17. The van der Waals surface area contributed by atoms with Crippen LogP contribution in [-0.2, 0) is 36.7 Å². The summed E-state index contributed by atoms with van der Waals surface area (Å²) >= 11 is 0. The average molecular weight is 492 g/mol. The largest absolute Gasteiger partial charge is 0.363 e. The van der Waals surface area contributed by atoms with Gasteiger partial charge in [-0.2, -0.15) is 0 Å². The van der Waals surface area contributed by atoms with Crippen LogP contribution < -0.4 is 27.1 Å². The van der Waals surface area contributed by atoms with Crippen LogP contribution in [-0.4, -0.2) is 43.2 Å². The highest BCUT2D eigenvalue weighted by Crippen LogP contribution is 2.11. The molecule has 34 heavy (non-hydrogen) atoms. The number of amides is 2. The highest BCUT2D eigenvalue weighted by atomic mass is 32.2. The lowest BCUT2D eigenvalue weighted by Crippen LogP contribution is -2.47. The molecule has 0 aliphatic carbocycles. The van der Waals surface area contributed by atoms with Crippen LogP contribution in [0.3, 0.4) is 0 Å². The third-order valence-corrected chi connectivity index (χ3v) is 6.24. The molecule has 0 fully saturated rings. The highest BCUT2D eigenvalue weighted by Gasteiger charge is 2.25. The molecule has 6 N–H and O–H groups in total. The van der Waals surface area contributed by atoms with Gasteiger partial charge in [-0.3, -0.25) is 23.9 Å². The molecule has 11 nitrogen and oxygen atoms in total.